The summed E-state index contributed by atoms with van der Waals surface area (Å²) in [4.78, 5) is 52.1. The Morgan fingerprint density at radius 2 is 1.76 bits per heavy atom. The highest BCUT2D eigenvalue weighted by Crippen LogP contribution is 2.37. The molecular formula is C23H38F3N5O6S. The normalized spacial score (nSPS) is 24.6. The average Bonchev–Trinajstić information content (AvgIpc) is 3.18. The number of alkyl halides is 3. The van der Waals surface area contributed by atoms with Gasteiger partial charge in [-0.3, -0.25) is 19.2 Å². The summed E-state index contributed by atoms with van der Waals surface area (Å²) in [7, 11) is -5.84. The number of amides is 4. The lowest BCUT2D eigenvalue weighted by atomic mass is 9.73. The summed E-state index contributed by atoms with van der Waals surface area (Å²) in [6, 6.07) is -4.19. The molecule has 15 heteroatoms. The molecule has 2 heterocycles. The van der Waals surface area contributed by atoms with Crippen molar-refractivity contribution in [3.8, 4) is 0 Å². The van der Waals surface area contributed by atoms with E-state index in [-0.39, 0.29) is 36.6 Å². The highest BCUT2D eigenvalue weighted by Gasteiger charge is 2.50. The van der Waals surface area contributed by atoms with Gasteiger partial charge in [0.05, 0.1) is 0 Å². The number of hydrogen-bond acceptors (Lipinski definition) is 6. The van der Waals surface area contributed by atoms with Gasteiger partial charge in [0.15, 0.2) is 0 Å². The molecule has 0 aromatic heterocycles. The first kappa shape index (κ1) is 31.8. The first-order valence-corrected chi connectivity index (χ1v) is 14.0. The third kappa shape index (κ3) is 7.58. The van der Waals surface area contributed by atoms with E-state index in [2.05, 4.69) is 10.6 Å². The highest BCUT2D eigenvalue weighted by molar-refractivity contribution is 7.90. The predicted octanol–water partition coefficient (Wildman–Crippen LogP) is 0.600. The van der Waals surface area contributed by atoms with E-state index in [1.807, 2.05) is 20.8 Å². The Morgan fingerprint density at radius 1 is 1.16 bits per heavy atom. The molecule has 2 fully saturated rings. The molecule has 0 aromatic carbocycles. The van der Waals surface area contributed by atoms with Crippen LogP contribution in [0, 0.1) is 23.2 Å². The number of piperidine rings is 1. The molecule has 0 radical (unpaired) electrons. The Hall–Kier alpha value is -2.42. The van der Waals surface area contributed by atoms with Crippen molar-refractivity contribution in [3.05, 3.63) is 0 Å². The van der Waals surface area contributed by atoms with Crippen LogP contribution in [0.25, 0.3) is 0 Å². The fourth-order valence-electron chi connectivity index (χ4n) is 4.82. The molecule has 0 saturated carbocycles. The summed E-state index contributed by atoms with van der Waals surface area (Å²) in [5, 5.41) is 5.16. The quantitative estimate of drug-likeness (QED) is 0.317. The zero-order chi connectivity index (χ0) is 29.2. The van der Waals surface area contributed by atoms with Crippen molar-refractivity contribution < 1.29 is 40.8 Å². The molecule has 38 heavy (non-hydrogen) atoms. The van der Waals surface area contributed by atoms with E-state index in [1.54, 1.807) is 0 Å². The van der Waals surface area contributed by atoms with Crippen LogP contribution >= 0.6 is 0 Å². The van der Waals surface area contributed by atoms with E-state index in [4.69, 9.17) is 5.73 Å². The van der Waals surface area contributed by atoms with Crippen molar-refractivity contribution in [2.24, 2.45) is 28.9 Å². The zero-order valence-corrected chi connectivity index (χ0v) is 23.0. The lowest BCUT2D eigenvalue weighted by Crippen LogP contribution is -2.62. The first-order valence-electron chi connectivity index (χ1n) is 12.5. The topological polar surface area (TPSA) is 168 Å². The van der Waals surface area contributed by atoms with E-state index in [1.165, 1.54) is 18.6 Å². The largest absolute Gasteiger partial charge is 0.511 e. The van der Waals surface area contributed by atoms with Gasteiger partial charge in [0.2, 0.25) is 23.6 Å². The van der Waals surface area contributed by atoms with E-state index in [0.29, 0.717) is 19.4 Å². The summed E-state index contributed by atoms with van der Waals surface area (Å²) in [5.41, 5.74) is -0.433. The van der Waals surface area contributed by atoms with Crippen molar-refractivity contribution in [1.82, 2.24) is 20.3 Å². The Kier molecular flexibility index (Phi) is 9.84. The SMILES string of the molecule is CC(C)[C@H](NS(=O)(=O)C(F)(F)F)C(=O)N1CCC(C(C)(C)C)CC1C(=O)N[C@@H](C[C@@H]1CCNC1=O)C(N)=O. The number of hydrogen-bond donors (Lipinski definition) is 4. The maximum atomic E-state index is 13.5. The number of rotatable bonds is 9. The Labute approximate surface area is 220 Å². The van der Waals surface area contributed by atoms with Gasteiger partial charge in [-0.2, -0.15) is 17.9 Å². The van der Waals surface area contributed by atoms with Crippen LogP contribution < -0.4 is 21.1 Å². The van der Waals surface area contributed by atoms with Gasteiger partial charge in [0.25, 0.3) is 0 Å². The fraction of sp³-hybridized carbons (Fsp3) is 0.826. The van der Waals surface area contributed by atoms with E-state index in [9.17, 15) is 40.8 Å². The smallest absolute Gasteiger partial charge is 0.368 e. The number of carbonyl (C=O) groups excluding carboxylic acids is 4. The molecule has 11 nitrogen and oxygen atoms in total. The van der Waals surface area contributed by atoms with Crippen molar-refractivity contribution in [2.75, 3.05) is 13.1 Å². The molecule has 0 aromatic rings. The molecule has 4 amide bonds. The van der Waals surface area contributed by atoms with Gasteiger partial charge in [-0.25, -0.2) is 8.42 Å². The van der Waals surface area contributed by atoms with Crippen LogP contribution in [-0.2, 0) is 29.2 Å². The van der Waals surface area contributed by atoms with Crippen molar-refractivity contribution in [3.63, 3.8) is 0 Å². The second-order valence-electron chi connectivity index (χ2n) is 11.4. The average molecular weight is 570 g/mol. The monoisotopic (exact) mass is 569 g/mol. The number of halogens is 3. The Morgan fingerprint density at radius 3 is 2.21 bits per heavy atom. The van der Waals surface area contributed by atoms with Crippen LogP contribution in [0.5, 0.6) is 0 Å². The number of nitrogens with zero attached hydrogens (tertiary/aromatic N) is 1. The molecule has 0 bridgehead atoms. The van der Waals surface area contributed by atoms with Crippen molar-refractivity contribution in [2.45, 2.75) is 83.9 Å². The second-order valence-corrected chi connectivity index (χ2v) is 13.1. The number of carbonyl (C=O) groups is 4. The summed E-state index contributed by atoms with van der Waals surface area (Å²) in [6.45, 7) is 9.02. The third-order valence-corrected chi connectivity index (χ3v) is 8.45. The molecule has 2 unspecified atom stereocenters. The van der Waals surface area contributed by atoms with E-state index in [0.717, 1.165) is 4.90 Å². The number of sulfonamides is 1. The van der Waals surface area contributed by atoms with Gasteiger partial charge in [0.1, 0.15) is 18.1 Å². The molecule has 2 aliphatic rings. The predicted molar refractivity (Wildman–Crippen MR) is 131 cm³/mol. The van der Waals surface area contributed by atoms with E-state index >= 15 is 0 Å². The molecule has 0 aliphatic carbocycles. The molecular weight excluding hydrogens is 531 g/mol. The van der Waals surface area contributed by atoms with Gasteiger partial charge in [-0.05, 0) is 42.9 Å². The second kappa shape index (κ2) is 11.8. The van der Waals surface area contributed by atoms with Gasteiger partial charge in [0, 0.05) is 19.0 Å². The van der Waals surface area contributed by atoms with Crippen LogP contribution in [0.15, 0.2) is 0 Å². The molecule has 0 spiro atoms. The highest BCUT2D eigenvalue weighted by atomic mass is 32.2. The zero-order valence-electron chi connectivity index (χ0n) is 22.2. The summed E-state index contributed by atoms with van der Waals surface area (Å²) >= 11 is 0. The maximum absolute atomic E-state index is 13.5. The van der Waals surface area contributed by atoms with Crippen molar-refractivity contribution >= 4 is 33.7 Å². The van der Waals surface area contributed by atoms with Crippen LogP contribution in [0.2, 0.25) is 0 Å². The number of nitrogens with two attached hydrogens (primary N) is 1. The minimum Gasteiger partial charge on any atom is -0.368 e. The van der Waals surface area contributed by atoms with Crippen molar-refractivity contribution in [1.29, 1.82) is 0 Å². The molecule has 218 valence electrons. The molecule has 2 saturated heterocycles. The van der Waals surface area contributed by atoms with Gasteiger partial charge in [-0.1, -0.05) is 34.6 Å². The molecule has 2 rings (SSSR count). The molecule has 5 atom stereocenters. The maximum Gasteiger partial charge on any atom is 0.511 e. The number of nitrogens with one attached hydrogen (secondary N) is 3. The van der Waals surface area contributed by atoms with Gasteiger partial charge in [-0.15, -0.1) is 0 Å². The van der Waals surface area contributed by atoms with E-state index < -0.39 is 63.2 Å². The standard InChI is InChI=1S/C23H38F3N5O6S/c1-12(2)17(30-38(36,37)23(24,25)26)21(35)31-9-7-14(22(3,4)5)11-16(31)20(34)29-15(18(27)32)10-13-6-8-28-19(13)33/h12-17,30H,6-11H2,1-5H3,(H2,27,32)(H,28,33)(H,29,34)/t13-,14?,15-,16?,17-/m0/s1. The fourth-order valence-corrected chi connectivity index (χ4v) is 5.66. The molecule has 2 aliphatic heterocycles. The van der Waals surface area contributed by atoms with Crippen LogP contribution in [0.4, 0.5) is 13.2 Å². The third-order valence-electron chi connectivity index (χ3n) is 7.28. The molecule has 5 N–H and O–H groups in total. The minimum absolute atomic E-state index is 0.0118. The first-order chi connectivity index (χ1) is 17.3. The van der Waals surface area contributed by atoms with Gasteiger partial charge >= 0.3 is 15.5 Å². The number of likely N-dealkylation sites (tertiary alicyclic amines) is 1. The van der Waals surface area contributed by atoms with Crippen LogP contribution in [0.3, 0.4) is 0 Å². The lowest BCUT2D eigenvalue weighted by Gasteiger charge is -2.44. The number of primary amides is 1. The Balaban J connectivity index is 2.35. The summed E-state index contributed by atoms with van der Waals surface area (Å²) in [5.74, 6) is -4.37. The summed E-state index contributed by atoms with van der Waals surface area (Å²) in [6.07, 6.45) is 0.967. The van der Waals surface area contributed by atoms with Crippen LogP contribution in [0.1, 0.15) is 60.3 Å². The Bertz CT molecular complexity index is 1030. The minimum atomic E-state index is -5.84. The lowest BCUT2D eigenvalue weighted by molar-refractivity contribution is -0.147. The van der Waals surface area contributed by atoms with Gasteiger partial charge < -0.3 is 21.3 Å². The van der Waals surface area contributed by atoms with Crippen LogP contribution in [-0.4, -0.2) is 73.7 Å². The summed E-state index contributed by atoms with van der Waals surface area (Å²) < 4.78 is 64.2.